The van der Waals surface area contributed by atoms with Gasteiger partial charge in [0.25, 0.3) is 5.91 Å². The van der Waals surface area contributed by atoms with Gasteiger partial charge in [-0.05, 0) is 19.4 Å². The number of thiazole rings is 1. The highest BCUT2D eigenvalue weighted by molar-refractivity contribution is 7.16. The summed E-state index contributed by atoms with van der Waals surface area (Å²) in [7, 11) is 0. The molecule has 2 aromatic rings. The van der Waals surface area contributed by atoms with E-state index in [1.54, 1.807) is 6.20 Å². The summed E-state index contributed by atoms with van der Waals surface area (Å²) in [5.74, 6) is -0.0447. The smallest absolute Gasteiger partial charge is 0.263 e. The first-order valence-corrected chi connectivity index (χ1v) is 9.07. The molecule has 0 radical (unpaired) electrons. The molecule has 2 heterocycles. The van der Waals surface area contributed by atoms with Gasteiger partial charge in [0, 0.05) is 31.7 Å². The van der Waals surface area contributed by atoms with Gasteiger partial charge in [-0.2, -0.15) is 0 Å². The first kappa shape index (κ1) is 17.1. The average molecular weight is 345 g/mol. The van der Waals surface area contributed by atoms with Crippen molar-refractivity contribution in [1.29, 1.82) is 0 Å². The Morgan fingerprint density at radius 3 is 2.88 bits per heavy atom. The molecule has 0 aliphatic carbocycles. The number of nitrogens with one attached hydrogen (secondary N) is 1. The number of morpholine rings is 1. The van der Waals surface area contributed by atoms with Crippen molar-refractivity contribution in [2.45, 2.75) is 13.8 Å². The molecule has 1 aromatic carbocycles. The Balaban J connectivity index is 1.57. The number of carbonyl (C=O) groups is 1. The Kier molecular flexibility index (Phi) is 5.60. The lowest BCUT2D eigenvalue weighted by molar-refractivity contribution is 0.0383. The van der Waals surface area contributed by atoms with E-state index in [0.29, 0.717) is 11.4 Å². The fourth-order valence-electron chi connectivity index (χ4n) is 2.80. The van der Waals surface area contributed by atoms with E-state index in [0.717, 1.165) is 43.4 Å². The van der Waals surface area contributed by atoms with Crippen molar-refractivity contribution in [3.05, 3.63) is 40.4 Å². The molecule has 0 bridgehead atoms. The first-order chi connectivity index (χ1) is 11.6. The highest BCUT2D eigenvalue weighted by Crippen LogP contribution is 2.28. The number of hydrogen-bond donors (Lipinski definition) is 1. The third kappa shape index (κ3) is 4.20. The second-order valence-corrected chi connectivity index (χ2v) is 7.09. The van der Waals surface area contributed by atoms with Gasteiger partial charge in [0.05, 0.1) is 19.4 Å². The van der Waals surface area contributed by atoms with Gasteiger partial charge in [0.15, 0.2) is 0 Å². The van der Waals surface area contributed by atoms with Gasteiger partial charge in [0.2, 0.25) is 0 Å². The number of ether oxygens (including phenoxy) is 1. The number of benzene rings is 1. The molecule has 6 heteroatoms. The Morgan fingerprint density at radius 2 is 2.12 bits per heavy atom. The van der Waals surface area contributed by atoms with Crippen LogP contribution in [0.25, 0.3) is 10.6 Å². The monoisotopic (exact) mass is 345 g/mol. The molecule has 3 rings (SSSR count). The zero-order valence-electron chi connectivity index (χ0n) is 14.2. The summed E-state index contributed by atoms with van der Waals surface area (Å²) >= 11 is 1.44. The van der Waals surface area contributed by atoms with Crippen LogP contribution in [0.15, 0.2) is 24.4 Å². The largest absolute Gasteiger partial charge is 0.379 e. The molecule has 0 atom stereocenters. The van der Waals surface area contributed by atoms with Crippen LogP contribution in [0.1, 0.15) is 20.8 Å². The molecule has 0 unspecified atom stereocenters. The maximum atomic E-state index is 12.3. The number of amides is 1. The van der Waals surface area contributed by atoms with Crippen molar-refractivity contribution in [1.82, 2.24) is 15.2 Å². The summed E-state index contributed by atoms with van der Waals surface area (Å²) in [6.07, 6.45) is 1.67. The molecule has 1 aliphatic heterocycles. The Bertz CT molecular complexity index is 708. The predicted molar refractivity (Wildman–Crippen MR) is 96.6 cm³/mol. The normalized spacial score (nSPS) is 15.4. The molecule has 1 fully saturated rings. The van der Waals surface area contributed by atoms with E-state index in [1.807, 2.05) is 0 Å². The number of aryl methyl sites for hydroxylation is 2. The highest BCUT2D eigenvalue weighted by Gasteiger charge is 2.14. The maximum Gasteiger partial charge on any atom is 0.263 e. The molecule has 24 heavy (non-hydrogen) atoms. The SMILES string of the molecule is Cc1ccc(-c2ncc(C(=O)NCCN3CCOCC3)s2)c(C)c1. The quantitative estimate of drug-likeness (QED) is 0.905. The summed E-state index contributed by atoms with van der Waals surface area (Å²) in [5, 5.41) is 3.88. The second kappa shape index (κ2) is 7.88. The Morgan fingerprint density at radius 1 is 1.33 bits per heavy atom. The van der Waals surface area contributed by atoms with Crippen molar-refractivity contribution in [2.75, 3.05) is 39.4 Å². The van der Waals surface area contributed by atoms with Crippen LogP contribution >= 0.6 is 11.3 Å². The number of rotatable bonds is 5. The summed E-state index contributed by atoms with van der Waals surface area (Å²) in [5.41, 5.74) is 3.51. The zero-order chi connectivity index (χ0) is 16.9. The molecular weight excluding hydrogens is 322 g/mol. The molecule has 0 saturated carbocycles. The number of hydrogen-bond acceptors (Lipinski definition) is 5. The van der Waals surface area contributed by atoms with E-state index in [-0.39, 0.29) is 5.91 Å². The molecule has 1 N–H and O–H groups in total. The molecule has 1 aromatic heterocycles. The molecule has 1 aliphatic rings. The minimum absolute atomic E-state index is 0.0447. The fourth-order valence-corrected chi connectivity index (χ4v) is 3.72. The fraction of sp³-hybridized carbons (Fsp3) is 0.444. The van der Waals surface area contributed by atoms with Gasteiger partial charge in [-0.3, -0.25) is 9.69 Å². The summed E-state index contributed by atoms with van der Waals surface area (Å²) in [6, 6.07) is 6.29. The standard InChI is InChI=1S/C18H23N3O2S/c1-13-3-4-15(14(2)11-13)18-20-12-16(24-18)17(22)19-5-6-21-7-9-23-10-8-21/h3-4,11-12H,5-10H2,1-2H3,(H,19,22). The van der Waals surface area contributed by atoms with Gasteiger partial charge in [-0.25, -0.2) is 4.98 Å². The number of nitrogens with zero attached hydrogens (tertiary/aromatic N) is 2. The zero-order valence-corrected chi connectivity index (χ0v) is 15.0. The van der Waals surface area contributed by atoms with Crippen molar-refractivity contribution in [3.8, 4) is 10.6 Å². The third-order valence-electron chi connectivity index (χ3n) is 4.16. The van der Waals surface area contributed by atoms with Crippen molar-refractivity contribution in [2.24, 2.45) is 0 Å². The van der Waals surface area contributed by atoms with Crippen molar-refractivity contribution in [3.63, 3.8) is 0 Å². The maximum absolute atomic E-state index is 12.3. The molecule has 1 amide bonds. The van der Waals surface area contributed by atoms with Gasteiger partial charge >= 0.3 is 0 Å². The average Bonchev–Trinajstić information content (AvgIpc) is 3.05. The highest BCUT2D eigenvalue weighted by atomic mass is 32.1. The second-order valence-electron chi connectivity index (χ2n) is 6.06. The summed E-state index contributed by atoms with van der Waals surface area (Å²) in [4.78, 5) is 19.7. The van der Waals surface area contributed by atoms with Crippen LogP contribution in [0.3, 0.4) is 0 Å². The lowest BCUT2D eigenvalue weighted by Crippen LogP contribution is -2.41. The van der Waals surface area contributed by atoms with Crippen LogP contribution in [0.5, 0.6) is 0 Å². The van der Waals surface area contributed by atoms with Gasteiger partial charge in [0.1, 0.15) is 9.88 Å². The van der Waals surface area contributed by atoms with E-state index in [2.05, 4.69) is 47.2 Å². The van der Waals surface area contributed by atoms with E-state index in [1.165, 1.54) is 22.5 Å². The number of aromatic nitrogens is 1. The topological polar surface area (TPSA) is 54.5 Å². The molecule has 128 valence electrons. The molecule has 1 saturated heterocycles. The van der Waals surface area contributed by atoms with Gasteiger partial charge in [-0.15, -0.1) is 11.3 Å². The number of carbonyl (C=O) groups excluding carboxylic acids is 1. The van der Waals surface area contributed by atoms with Crippen LogP contribution in [0.4, 0.5) is 0 Å². The summed E-state index contributed by atoms with van der Waals surface area (Å²) in [6.45, 7) is 9.09. The van der Waals surface area contributed by atoms with Gasteiger partial charge in [-0.1, -0.05) is 23.8 Å². The lowest BCUT2D eigenvalue weighted by atomic mass is 10.1. The minimum Gasteiger partial charge on any atom is -0.379 e. The van der Waals surface area contributed by atoms with Crippen LogP contribution in [-0.4, -0.2) is 55.2 Å². The van der Waals surface area contributed by atoms with E-state index < -0.39 is 0 Å². The predicted octanol–water partition coefficient (Wildman–Crippen LogP) is 2.49. The van der Waals surface area contributed by atoms with Crippen LogP contribution in [0, 0.1) is 13.8 Å². The van der Waals surface area contributed by atoms with Crippen LogP contribution < -0.4 is 5.32 Å². The van der Waals surface area contributed by atoms with E-state index in [4.69, 9.17) is 4.74 Å². The van der Waals surface area contributed by atoms with Crippen molar-refractivity contribution < 1.29 is 9.53 Å². The first-order valence-electron chi connectivity index (χ1n) is 8.25. The van der Waals surface area contributed by atoms with Gasteiger partial charge < -0.3 is 10.1 Å². The molecule has 5 nitrogen and oxygen atoms in total. The Labute approximate surface area is 146 Å². The molecule has 0 spiro atoms. The Hall–Kier alpha value is -1.76. The van der Waals surface area contributed by atoms with E-state index >= 15 is 0 Å². The third-order valence-corrected chi connectivity index (χ3v) is 5.19. The van der Waals surface area contributed by atoms with Crippen molar-refractivity contribution >= 4 is 17.2 Å². The lowest BCUT2D eigenvalue weighted by Gasteiger charge is -2.26. The van der Waals surface area contributed by atoms with Crippen LogP contribution in [0.2, 0.25) is 0 Å². The van der Waals surface area contributed by atoms with E-state index in [9.17, 15) is 4.79 Å². The minimum atomic E-state index is -0.0447. The molecular formula is C18H23N3O2S. The summed E-state index contributed by atoms with van der Waals surface area (Å²) < 4.78 is 5.32. The van der Waals surface area contributed by atoms with Crippen LogP contribution in [-0.2, 0) is 4.74 Å².